The predicted molar refractivity (Wildman–Crippen MR) is 66.5 cm³/mol. The zero-order valence-corrected chi connectivity index (χ0v) is 13.0. The maximum atomic E-state index is 13.1. The lowest BCUT2D eigenvalue weighted by Gasteiger charge is -2.24. The standard InChI is InChI=1S/C11H14ClF7OSi/c1-21(12)6-4-2-3-5-20-8-7(13)9(14,15)11(18,19)10(8,16)17/h21H,2-6H2,1H3. The van der Waals surface area contributed by atoms with Gasteiger partial charge in [-0.2, -0.15) is 37.4 Å². The first-order valence-electron chi connectivity index (χ1n) is 6.27. The summed E-state index contributed by atoms with van der Waals surface area (Å²) < 4.78 is 94.9. The summed E-state index contributed by atoms with van der Waals surface area (Å²) in [4.78, 5) is 0. The van der Waals surface area contributed by atoms with Crippen LogP contribution in [-0.4, -0.2) is 32.5 Å². The van der Waals surface area contributed by atoms with Crippen molar-refractivity contribution in [2.45, 2.75) is 49.6 Å². The van der Waals surface area contributed by atoms with Crippen molar-refractivity contribution in [2.24, 2.45) is 0 Å². The highest BCUT2D eigenvalue weighted by Crippen LogP contribution is 2.59. The molecule has 1 aliphatic rings. The number of allylic oxidation sites excluding steroid dienone is 2. The fourth-order valence-electron chi connectivity index (χ4n) is 1.79. The molecule has 1 atom stereocenters. The van der Waals surface area contributed by atoms with Gasteiger partial charge in [0.1, 0.15) is 8.11 Å². The van der Waals surface area contributed by atoms with Crippen LogP contribution in [0.25, 0.3) is 0 Å². The van der Waals surface area contributed by atoms with Crippen LogP contribution in [0.2, 0.25) is 12.6 Å². The number of halogens is 8. The molecular formula is C11H14ClF7OSi. The monoisotopic (exact) mass is 358 g/mol. The minimum Gasteiger partial charge on any atom is -0.489 e. The van der Waals surface area contributed by atoms with E-state index in [-0.39, 0.29) is 6.42 Å². The normalized spacial score (nSPS) is 24.2. The lowest BCUT2D eigenvalue weighted by Crippen LogP contribution is -2.49. The Balaban J connectivity index is 2.60. The van der Waals surface area contributed by atoms with Crippen LogP contribution < -0.4 is 0 Å². The molecule has 0 amide bonds. The first-order valence-corrected chi connectivity index (χ1v) is 9.99. The van der Waals surface area contributed by atoms with Crippen molar-refractivity contribution in [1.82, 2.24) is 0 Å². The van der Waals surface area contributed by atoms with Gasteiger partial charge in [0.15, 0.2) is 0 Å². The number of hydrogen-bond donors (Lipinski definition) is 0. The van der Waals surface area contributed by atoms with Crippen molar-refractivity contribution >= 4 is 19.2 Å². The molecule has 0 radical (unpaired) electrons. The minimum atomic E-state index is -5.83. The molecule has 1 aliphatic carbocycles. The van der Waals surface area contributed by atoms with E-state index >= 15 is 0 Å². The van der Waals surface area contributed by atoms with Crippen LogP contribution in [0.3, 0.4) is 0 Å². The van der Waals surface area contributed by atoms with Gasteiger partial charge >= 0.3 is 17.8 Å². The smallest absolute Gasteiger partial charge is 0.386 e. The summed E-state index contributed by atoms with van der Waals surface area (Å²) in [6, 6.07) is 0.783. The Morgan fingerprint density at radius 1 is 1.00 bits per heavy atom. The van der Waals surface area contributed by atoms with Gasteiger partial charge < -0.3 is 4.74 Å². The first-order chi connectivity index (χ1) is 9.46. The molecule has 0 fully saturated rings. The van der Waals surface area contributed by atoms with Crippen LogP contribution in [0.1, 0.15) is 19.3 Å². The van der Waals surface area contributed by atoms with E-state index in [2.05, 4.69) is 4.74 Å². The summed E-state index contributed by atoms with van der Waals surface area (Å²) in [6.45, 7) is 1.35. The number of rotatable bonds is 7. The van der Waals surface area contributed by atoms with Crippen LogP contribution in [0.5, 0.6) is 0 Å². The first kappa shape index (κ1) is 18.6. The third-order valence-electron chi connectivity index (χ3n) is 3.04. The minimum absolute atomic E-state index is 0.155. The quantitative estimate of drug-likeness (QED) is 0.273. The average Bonchev–Trinajstić information content (AvgIpc) is 2.43. The van der Waals surface area contributed by atoms with E-state index in [1.165, 1.54) is 0 Å². The van der Waals surface area contributed by atoms with E-state index in [0.29, 0.717) is 12.8 Å². The molecule has 0 saturated carbocycles. The number of unbranched alkanes of at least 4 members (excludes halogenated alkanes) is 2. The Morgan fingerprint density at radius 3 is 2.00 bits per heavy atom. The topological polar surface area (TPSA) is 9.23 Å². The van der Waals surface area contributed by atoms with Crippen LogP contribution in [0.4, 0.5) is 30.7 Å². The van der Waals surface area contributed by atoms with Crippen molar-refractivity contribution < 1.29 is 35.5 Å². The van der Waals surface area contributed by atoms with Crippen molar-refractivity contribution in [3.63, 3.8) is 0 Å². The molecule has 1 rings (SSSR count). The van der Waals surface area contributed by atoms with Crippen LogP contribution >= 0.6 is 11.1 Å². The molecule has 0 spiro atoms. The number of hydrogen-bond acceptors (Lipinski definition) is 1. The summed E-state index contributed by atoms with van der Waals surface area (Å²) in [7, 11) is -1.27. The van der Waals surface area contributed by atoms with E-state index in [4.69, 9.17) is 11.1 Å². The van der Waals surface area contributed by atoms with Gasteiger partial charge in [0.05, 0.1) is 6.61 Å². The molecule has 0 aliphatic heterocycles. The molecule has 0 heterocycles. The van der Waals surface area contributed by atoms with Gasteiger partial charge in [0.2, 0.25) is 11.6 Å². The second kappa shape index (κ2) is 6.35. The van der Waals surface area contributed by atoms with Crippen LogP contribution in [-0.2, 0) is 4.74 Å². The third-order valence-corrected chi connectivity index (χ3v) is 4.90. The summed E-state index contributed by atoms with van der Waals surface area (Å²) in [6.07, 6.45) is 1.34. The van der Waals surface area contributed by atoms with Gasteiger partial charge in [-0.25, -0.2) is 4.39 Å². The number of alkyl halides is 6. The summed E-state index contributed by atoms with van der Waals surface area (Å²) in [5.74, 6) is -21.9. The molecule has 0 aromatic rings. The zero-order chi connectivity index (χ0) is 16.5. The third kappa shape index (κ3) is 3.33. The Bertz CT molecular complexity index is 411. The van der Waals surface area contributed by atoms with E-state index in [1.54, 1.807) is 0 Å². The molecule has 0 bridgehead atoms. The van der Waals surface area contributed by atoms with Crippen molar-refractivity contribution in [1.29, 1.82) is 0 Å². The van der Waals surface area contributed by atoms with Crippen molar-refractivity contribution in [3.8, 4) is 0 Å². The van der Waals surface area contributed by atoms with Gasteiger partial charge in [-0.15, -0.1) is 0 Å². The van der Waals surface area contributed by atoms with Crippen molar-refractivity contribution in [3.05, 3.63) is 11.6 Å². The molecule has 0 aromatic heterocycles. The summed E-state index contributed by atoms with van der Waals surface area (Å²) in [5, 5.41) is 0. The lowest BCUT2D eigenvalue weighted by molar-refractivity contribution is -0.274. The molecule has 1 nitrogen and oxygen atoms in total. The van der Waals surface area contributed by atoms with Gasteiger partial charge in [-0.1, -0.05) is 19.4 Å². The average molecular weight is 359 g/mol. The van der Waals surface area contributed by atoms with Crippen molar-refractivity contribution in [2.75, 3.05) is 6.61 Å². The molecule has 1 unspecified atom stereocenters. The van der Waals surface area contributed by atoms with E-state index in [9.17, 15) is 30.7 Å². The Labute approximate surface area is 123 Å². The maximum Gasteiger partial charge on any atom is 0.386 e. The van der Waals surface area contributed by atoms with E-state index in [0.717, 1.165) is 6.04 Å². The molecule has 0 saturated heterocycles. The second-order valence-corrected chi connectivity index (χ2v) is 9.22. The molecule has 10 heteroatoms. The predicted octanol–water partition coefficient (Wildman–Crippen LogP) is 4.87. The SMILES string of the molecule is C[SiH](Cl)CCCCCOC1=C(F)C(F)(F)C(F)(F)C1(F)F. The largest absolute Gasteiger partial charge is 0.489 e. The summed E-state index contributed by atoms with van der Waals surface area (Å²) >= 11 is 5.80. The number of ether oxygens (including phenoxy) is 1. The Hall–Kier alpha value is -0.443. The molecule has 124 valence electrons. The van der Waals surface area contributed by atoms with Gasteiger partial charge in [-0.3, -0.25) is 0 Å². The van der Waals surface area contributed by atoms with E-state index < -0.39 is 44.1 Å². The highest BCUT2D eigenvalue weighted by molar-refractivity contribution is 7.06. The fraction of sp³-hybridized carbons (Fsp3) is 0.818. The highest BCUT2D eigenvalue weighted by atomic mass is 35.6. The molecule has 0 aromatic carbocycles. The fourth-order valence-corrected chi connectivity index (χ4v) is 3.10. The maximum absolute atomic E-state index is 13.1. The molecule has 0 N–H and O–H groups in total. The molecular weight excluding hydrogens is 345 g/mol. The zero-order valence-electron chi connectivity index (χ0n) is 11.0. The Morgan fingerprint density at radius 2 is 1.57 bits per heavy atom. The van der Waals surface area contributed by atoms with Gasteiger partial charge in [-0.05, 0) is 12.5 Å². The lowest BCUT2D eigenvalue weighted by atomic mass is 10.1. The molecule has 21 heavy (non-hydrogen) atoms. The summed E-state index contributed by atoms with van der Waals surface area (Å²) in [5.41, 5.74) is 0. The highest BCUT2D eigenvalue weighted by Gasteiger charge is 2.82. The van der Waals surface area contributed by atoms with E-state index in [1.807, 2.05) is 6.55 Å². The van der Waals surface area contributed by atoms with Crippen LogP contribution in [0, 0.1) is 0 Å². The van der Waals surface area contributed by atoms with Gasteiger partial charge in [0, 0.05) is 0 Å². The van der Waals surface area contributed by atoms with Gasteiger partial charge in [0.25, 0.3) is 0 Å². The Kier molecular flexibility index (Phi) is 5.63. The van der Waals surface area contributed by atoms with Crippen LogP contribution in [0.15, 0.2) is 11.6 Å². The second-order valence-electron chi connectivity index (χ2n) is 4.84.